The Morgan fingerprint density at radius 2 is 2.11 bits per heavy atom. The van der Waals surface area contributed by atoms with Gasteiger partial charge in [-0.25, -0.2) is 4.68 Å². The molecule has 2 N–H and O–H groups in total. The van der Waals surface area contributed by atoms with E-state index in [-0.39, 0.29) is 12.3 Å². The molecule has 0 bridgehead atoms. The van der Waals surface area contributed by atoms with E-state index >= 15 is 0 Å². The van der Waals surface area contributed by atoms with Crippen LogP contribution in [-0.4, -0.2) is 38.5 Å². The summed E-state index contributed by atoms with van der Waals surface area (Å²) in [5.74, 6) is -0.612. The van der Waals surface area contributed by atoms with Gasteiger partial charge in [0.15, 0.2) is 0 Å². The van der Waals surface area contributed by atoms with Gasteiger partial charge in [0.2, 0.25) is 5.91 Å². The Labute approximate surface area is 112 Å². The number of carboxylic acids is 1. The third-order valence-electron chi connectivity index (χ3n) is 2.61. The molecule has 0 aromatic carbocycles. The van der Waals surface area contributed by atoms with E-state index < -0.39 is 12.0 Å². The average Bonchev–Trinajstić information content (AvgIpc) is 2.81. The Balaban J connectivity index is 2.54. The van der Waals surface area contributed by atoms with Crippen molar-refractivity contribution in [1.82, 2.24) is 20.3 Å². The molecule has 0 aliphatic carbocycles. The number of amides is 1. The van der Waals surface area contributed by atoms with Crippen LogP contribution in [0.5, 0.6) is 0 Å². The molecule has 1 rings (SSSR count). The Kier molecular flexibility index (Phi) is 5.47. The van der Waals surface area contributed by atoms with Gasteiger partial charge in [-0.3, -0.25) is 9.59 Å². The minimum Gasteiger partial charge on any atom is -0.481 e. The van der Waals surface area contributed by atoms with E-state index in [1.807, 2.05) is 13.8 Å². The number of carbonyl (C=O) groups excluding carboxylic acids is 1. The summed E-state index contributed by atoms with van der Waals surface area (Å²) in [5, 5.41) is 19.1. The van der Waals surface area contributed by atoms with Crippen molar-refractivity contribution in [3.05, 3.63) is 11.9 Å². The van der Waals surface area contributed by atoms with E-state index in [1.165, 1.54) is 4.68 Å². The van der Waals surface area contributed by atoms with Crippen molar-refractivity contribution in [1.29, 1.82) is 0 Å². The zero-order valence-electron chi connectivity index (χ0n) is 11.5. The van der Waals surface area contributed by atoms with Gasteiger partial charge in [0.25, 0.3) is 0 Å². The fourth-order valence-corrected chi connectivity index (χ4v) is 1.42. The van der Waals surface area contributed by atoms with E-state index in [1.54, 1.807) is 13.1 Å². The molecule has 7 nitrogen and oxygen atoms in total. The zero-order chi connectivity index (χ0) is 14.4. The van der Waals surface area contributed by atoms with E-state index in [0.717, 1.165) is 0 Å². The predicted octanol–water partition coefficient (Wildman–Crippen LogP) is 0.628. The number of hydrogen-bond donors (Lipinski definition) is 2. The molecule has 7 heteroatoms. The van der Waals surface area contributed by atoms with Crippen molar-refractivity contribution in [2.45, 2.75) is 39.7 Å². The van der Waals surface area contributed by atoms with Crippen LogP contribution < -0.4 is 5.32 Å². The Bertz CT molecular complexity index is 442. The first-order valence-electron chi connectivity index (χ1n) is 6.30. The first-order chi connectivity index (χ1) is 8.90. The maximum atomic E-state index is 11.8. The molecule has 0 radical (unpaired) electrons. The van der Waals surface area contributed by atoms with E-state index in [2.05, 4.69) is 15.6 Å². The second kappa shape index (κ2) is 6.86. The average molecular weight is 268 g/mol. The fourth-order valence-electron chi connectivity index (χ4n) is 1.42. The Hall–Kier alpha value is -1.92. The second-order valence-corrected chi connectivity index (χ2v) is 4.90. The van der Waals surface area contributed by atoms with Crippen LogP contribution in [-0.2, 0) is 16.0 Å². The van der Waals surface area contributed by atoms with Crippen molar-refractivity contribution in [3.8, 4) is 0 Å². The molecule has 0 aliphatic heterocycles. The molecule has 0 saturated carbocycles. The fraction of sp³-hybridized carbons (Fsp3) is 0.667. The minimum atomic E-state index is -0.878. The Morgan fingerprint density at radius 3 is 2.68 bits per heavy atom. The van der Waals surface area contributed by atoms with Crippen molar-refractivity contribution < 1.29 is 14.7 Å². The summed E-state index contributed by atoms with van der Waals surface area (Å²) in [6.07, 6.45) is 1.94. The number of nitrogens with zero attached hydrogens (tertiary/aromatic N) is 3. The number of rotatable bonds is 7. The highest BCUT2D eigenvalue weighted by molar-refractivity contribution is 5.79. The molecule has 1 unspecified atom stereocenters. The maximum Gasteiger partial charge on any atom is 0.303 e. The summed E-state index contributed by atoms with van der Waals surface area (Å²) in [6.45, 7) is 6.38. The molecular weight excluding hydrogens is 248 g/mol. The number of carboxylic acid groups (broad SMARTS) is 1. The minimum absolute atomic E-state index is 0.00657. The molecule has 1 aromatic rings. The van der Waals surface area contributed by atoms with Crippen LogP contribution >= 0.6 is 0 Å². The number of carbonyl (C=O) groups is 2. The van der Waals surface area contributed by atoms with Gasteiger partial charge in [0, 0.05) is 19.2 Å². The first-order valence-corrected chi connectivity index (χ1v) is 6.30. The van der Waals surface area contributed by atoms with Crippen LogP contribution in [0.4, 0.5) is 0 Å². The summed E-state index contributed by atoms with van der Waals surface area (Å²) >= 11 is 0. The van der Waals surface area contributed by atoms with Gasteiger partial charge >= 0.3 is 5.97 Å². The molecule has 0 saturated heterocycles. The van der Waals surface area contributed by atoms with Gasteiger partial charge in [-0.2, -0.15) is 0 Å². The van der Waals surface area contributed by atoms with Crippen molar-refractivity contribution >= 4 is 11.9 Å². The number of aliphatic carboxylic acids is 1. The summed E-state index contributed by atoms with van der Waals surface area (Å²) in [5.41, 5.74) is 0.575. The molecule has 1 atom stereocenters. The number of hydrogen-bond acceptors (Lipinski definition) is 4. The maximum absolute atomic E-state index is 11.8. The third kappa shape index (κ3) is 5.07. The van der Waals surface area contributed by atoms with Crippen LogP contribution in [0.3, 0.4) is 0 Å². The van der Waals surface area contributed by atoms with Crippen LogP contribution in [0.2, 0.25) is 0 Å². The highest BCUT2D eigenvalue weighted by Gasteiger charge is 2.16. The van der Waals surface area contributed by atoms with E-state index in [0.29, 0.717) is 24.6 Å². The molecule has 1 aromatic heterocycles. The lowest BCUT2D eigenvalue weighted by atomic mass is 10.2. The van der Waals surface area contributed by atoms with Crippen molar-refractivity contribution in [3.63, 3.8) is 0 Å². The summed E-state index contributed by atoms with van der Waals surface area (Å²) < 4.78 is 1.45. The van der Waals surface area contributed by atoms with Crippen molar-refractivity contribution in [2.75, 3.05) is 6.54 Å². The lowest BCUT2D eigenvalue weighted by molar-refractivity contribution is -0.137. The van der Waals surface area contributed by atoms with Gasteiger partial charge in [-0.15, -0.1) is 5.10 Å². The van der Waals surface area contributed by atoms with Gasteiger partial charge in [0.05, 0.1) is 12.1 Å². The highest BCUT2D eigenvalue weighted by Crippen LogP contribution is 2.06. The van der Waals surface area contributed by atoms with E-state index in [4.69, 9.17) is 5.11 Å². The monoisotopic (exact) mass is 268 g/mol. The molecule has 0 aliphatic rings. The standard InChI is InChI=1S/C12H20N4O3/c1-8(2)6-13-12(19)9(3)16-7-10(14-15-16)4-5-11(17)18/h7-9H,4-6H2,1-3H3,(H,13,19)(H,17,18). The van der Waals surface area contributed by atoms with Gasteiger partial charge < -0.3 is 10.4 Å². The highest BCUT2D eigenvalue weighted by atomic mass is 16.4. The molecule has 106 valence electrons. The molecule has 0 spiro atoms. The number of aromatic nitrogens is 3. The lowest BCUT2D eigenvalue weighted by Crippen LogP contribution is -2.33. The Morgan fingerprint density at radius 1 is 1.42 bits per heavy atom. The van der Waals surface area contributed by atoms with Crippen LogP contribution in [0.15, 0.2) is 6.20 Å². The van der Waals surface area contributed by atoms with Crippen molar-refractivity contribution in [2.24, 2.45) is 5.92 Å². The first kappa shape index (κ1) is 15.1. The quantitative estimate of drug-likeness (QED) is 0.756. The molecular formula is C12H20N4O3. The summed E-state index contributed by atoms with van der Waals surface area (Å²) in [4.78, 5) is 22.3. The smallest absolute Gasteiger partial charge is 0.303 e. The molecule has 0 fully saturated rings. The normalized spacial score (nSPS) is 12.4. The van der Waals surface area contributed by atoms with Gasteiger partial charge in [-0.05, 0) is 12.8 Å². The van der Waals surface area contributed by atoms with Crippen LogP contribution in [0.25, 0.3) is 0 Å². The van der Waals surface area contributed by atoms with E-state index in [9.17, 15) is 9.59 Å². The predicted molar refractivity (Wildman–Crippen MR) is 68.5 cm³/mol. The summed E-state index contributed by atoms with van der Waals surface area (Å²) in [6, 6.07) is -0.454. The van der Waals surface area contributed by atoms with Crippen LogP contribution in [0, 0.1) is 5.92 Å². The SMILES string of the molecule is CC(C)CNC(=O)C(C)n1cc(CCC(=O)O)nn1. The van der Waals surface area contributed by atoms with Crippen LogP contribution in [0.1, 0.15) is 38.9 Å². The second-order valence-electron chi connectivity index (χ2n) is 4.90. The largest absolute Gasteiger partial charge is 0.481 e. The number of aryl methyl sites for hydroxylation is 1. The molecule has 19 heavy (non-hydrogen) atoms. The lowest BCUT2D eigenvalue weighted by Gasteiger charge is -2.13. The van der Waals surface area contributed by atoms with Gasteiger partial charge in [0.1, 0.15) is 6.04 Å². The number of nitrogens with one attached hydrogen (secondary N) is 1. The molecule has 1 heterocycles. The third-order valence-corrected chi connectivity index (χ3v) is 2.61. The molecule has 1 amide bonds. The summed E-state index contributed by atoms with van der Waals surface area (Å²) in [7, 11) is 0. The van der Waals surface area contributed by atoms with Gasteiger partial charge in [-0.1, -0.05) is 19.1 Å². The topological polar surface area (TPSA) is 97.1 Å². The zero-order valence-corrected chi connectivity index (χ0v) is 11.5.